The third-order valence-electron chi connectivity index (χ3n) is 12.3. The van der Waals surface area contributed by atoms with Crippen LogP contribution in [0.15, 0.2) is 83.3 Å². The van der Waals surface area contributed by atoms with Gasteiger partial charge in [-0.05, 0) is 73.9 Å². The zero-order valence-corrected chi connectivity index (χ0v) is 38.0. The van der Waals surface area contributed by atoms with Crippen LogP contribution in [0.4, 0.5) is 38.0 Å². The molecule has 2 unspecified atom stereocenters. The number of halogens is 6. The van der Waals surface area contributed by atoms with E-state index in [2.05, 4.69) is 20.8 Å². The van der Waals surface area contributed by atoms with E-state index in [1.54, 1.807) is 33.7 Å². The number of aromatic nitrogens is 8. The number of imidazole rings is 2. The first kappa shape index (κ1) is 46.9. The van der Waals surface area contributed by atoms with Gasteiger partial charge in [-0.1, -0.05) is 33.3 Å². The molecule has 2 aromatic carbocycles. The van der Waals surface area contributed by atoms with E-state index in [1.807, 2.05) is 0 Å². The number of nitrogens with one attached hydrogen (secondary N) is 2. The van der Waals surface area contributed by atoms with E-state index in [0.717, 1.165) is 74.2 Å². The Kier molecular flexibility index (Phi) is 12.8. The second kappa shape index (κ2) is 19.2. The van der Waals surface area contributed by atoms with Gasteiger partial charge in [0, 0.05) is 41.6 Å². The van der Waals surface area contributed by atoms with Crippen LogP contribution in [-0.4, -0.2) is 62.9 Å². The Morgan fingerprint density at radius 1 is 0.657 bits per heavy atom. The van der Waals surface area contributed by atoms with Gasteiger partial charge in [-0.15, -0.1) is 0 Å². The smallest absolute Gasteiger partial charge is 0.328 e. The van der Waals surface area contributed by atoms with Crippen LogP contribution >= 0.6 is 8.25 Å². The molecular formula is C46H44F6N12O5P+. The average Bonchev–Trinajstić information content (AvgIpc) is 4.20. The summed E-state index contributed by atoms with van der Waals surface area (Å²) in [6, 6.07) is 8.94. The zero-order chi connectivity index (χ0) is 48.7. The Hall–Kier alpha value is -6.84. The van der Waals surface area contributed by atoms with E-state index in [0.29, 0.717) is 69.8 Å². The summed E-state index contributed by atoms with van der Waals surface area (Å²) < 4.78 is 113. The summed E-state index contributed by atoms with van der Waals surface area (Å²) in [5.74, 6) is 3.45. The highest BCUT2D eigenvalue weighted by molar-refractivity contribution is 7.33. The highest BCUT2D eigenvalue weighted by Gasteiger charge is 2.39. The molecule has 0 radical (unpaired) electrons. The number of hydrogen-bond donors (Lipinski definition) is 2. The molecular weight excluding hydrogens is 946 g/mol. The predicted molar refractivity (Wildman–Crippen MR) is 241 cm³/mol. The molecule has 2 aliphatic heterocycles. The van der Waals surface area contributed by atoms with Gasteiger partial charge in [0.15, 0.2) is 13.5 Å². The molecule has 2 atom stereocenters. The summed E-state index contributed by atoms with van der Waals surface area (Å²) in [4.78, 5) is 42.8. The van der Waals surface area contributed by atoms with Crippen molar-refractivity contribution in [3.63, 3.8) is 0 Å². The van der Waals surface area contributed by atoms with Gasteiger partial charge < -0.3 is 20.2 Å². The van der Waals surface area contributed by atoms with Crippen molar-refractivity contribution in [3.8, 4) is 22.8 Å². The molecule has 364 valence electrons. The van der Waals surface area contributed by atoms with E-state index < -0.39 is 43.8 Å². The molecule has 0 saturated heterocycles. The van der Waals surface area contributed by atoms with Crippen molar-refractivity contribution in [2.45, 2.75) is 102 Å². The van der Waals surface area contributed by atoms with Crippen LogP contribution < -0.4 is 10.6 Å². The van der Waals surface area contributed by atoms with Gasteiger partial charge in [-0.3, -0.25) is 28.5 Å². The average molecular weight is 990 g/mol. The van der Waals surface area contributed by atoms with E-state index in [9.17, 15) is 40.5 Å². The molecule has 2 N–H and O–H groups in total. The van der Waals surface area contributed by atoms with Gasteiger partial charge in [0.2, 0.25) is 0 Å². The highest BCUT2D eigenvalue weighted by Crippen LogP contribution is 2.44. The summed E-state index contributed by atoms with van der Waals surface area (Å²) in [6.07, 6.45) is 3.70. The second-order valence-electron chi connectivity index (χ2n) is 17.5. The number of carbonyl (C=O) groups excluding carboxylic acids is 2. The van der Waals surface area contributed by atoms with Crippen LogP contribution in [0.3, 0.4) is 0 Å². The number of amidine groups is 2. The Labute approximate surface area is 396 Å². The van der Waals surface area contributed by atoms with Crippen LogP contribution in [0.2, 0.25) is 0 Å². The molecule has 0 amide bonds. The molecule has 10 rings (SSSR count). The minimum atomic E-state index is -4.52. The number of aldehydes is 2. The molecule has 6 aromatic rings. The minimum absolute atomic E-state index is 0.0208. The summed E-state index contributed by atoms with van der Waals surface area (Å²) in [5.41, 5.74) is 1.14. The number of carbonyl (C=O) groups is 2. The van der Waals surface area contributed by atoms with Gasteiger partial charge in [0.25, 0.3) is 0 Å². The van der Waals surface area contributed by atoms with Crippen molar-refractivity contribution in [2.24, 2.45) is 21.8 Å². The lowest BCUT2D eigenvalue weighted by Crippen LogP contribution is -2.24. The Balaban J connectivity index is 0.929. The molecule has 0 spiro atoms. The molecule has 4 aromatic heterocycles. The Morgan fingerprint density at radius 2 is 1.09 bits per heavy atom. The fraction of sp³-hybridized carbons (Fsp3) is 0.391. The predicted octanol–water partition coefficient (Wildman–Crippen LogP) is 9.75. The molecule has 6 heterocycles. The van der Waals surface area contributed by atoms with Crippen LogP contribution in [0.5, 0.6) is 0 Å². The number of rotatable bonds is 20. The molecule has 2 fully saturated rings. The quantitative estimate of drug-likeness (QED) is 0.0421. The fourth-order valence-electron chi connectivity index (χ4n) is 8.56. The molecule has 2 aliphatic carbocycles. The first-order valence-corrected chi connectivity index (χ1v) is 23.7. The van der Waals surface area contributed by atoms with E-state index >= 15 is 0 Å². The minimum Gasteiger partial charge on any atom is -0.328 e. The fourth-order valence-corrected chi connectivity index (χ4v) is 9.05. The van der Waals surface area contributed by atoms with Gasteiger partial charge in [0.05, 0.1) is 59.8 Å². The lowest BCUT2D eigenvalue weighted by molar-refractivity contribution is -0.138. The van der Waals surface area contributed by atoms with Crippen LogP contribution in [0.1, 0.15) is 97.1 Å². The largest absolute Gasteiger partial charge is 0.701 e. The van der Waals surface area contributed by atoms with Crippen molar-refractivity contribution in [1.29, 1.82) is 0 Å². The summed E-state index contributed by atoms with van der Waals surface area (Å²) in [6.45, 7) is -0.683. The number of aliphatic imine (C=N–C) groups is 2. The van der Waals surface area contributed by atoms with Crippen LogP contribution in [0.25, 0.3) is 22.8 Å². The van der Waals surface area contributed by atoms with Crippen molar-refractivity contribution >= 4 is 44.1 Å². The second-order valence-corrected chi connectivity index (χ2v) is 18.5. The standard InChI is InChI=1S/C46H44F6N12O5P/c47-45(48,49)33-7-1-5-27(17-33)21-61-23-31(19-53-61)41-57-37-35(9-3-15-65)55-39(29-11-12-29)59-43(37)63(41)25-68-70(67)69-26-64-42(58-38-36(10-4-16-66)56-40(30-13-14-30)60-44(38)64)32-20-54-62(24-32)22-28-6-2-8-34(18-28)46(50,51)52/h1-2,5-8,15-20,23-24,29-30,35-36H,3-4,9-14,21-22,25-26H2,(H,55,59)(H,56,60)/q+1. The van der Waals surface area contributed by atoms with E-state index in [-0.39, 0.29) is 51.2 Å². The van der Waals surface area contributed by atoms with Crippen molar-refractivity contribution < 1.29 is 49.5 Å². The summed E-state index contributed by atoms with van der Waals surface area (Å²) in [5, 5.41) is 15.6. The van der Waals surface area contributed by atoms with Crippen molar-refractivity contribution in [3.05, 3.63) is 107 Å². The maximum absolute atomic E-state index is 13.9. The Morgan fingerprint density at radius 3 is 1.47 bits per heavy atom. The first-order chi connectivity index (χ1) is 33.7. The third-order valence-corrected chi connectivity index (χ3v) is 13.0. The zero-order valence-electron chi connectivity index (χ0n) is 37.1. The molecule has 0 bridgehead atoms. The lowest BCUT2D eigenvalue weighted by Gasteiger charge is -2.22. The van der Waals surface area contributed by atoms with E-state index in [1.165, 1.54) is 33.9 Å². The van der Waals surface area contributed by atoms with Crippen molar-refractivity contribution in [2.75, 3.05) is 10.6 Å². The molecule has 4 aliphatic rings. The van der Waals surface area contributed by atoms with Gasteiger partial charge in [-0.2, -0.15) is 36.5 Å². The highest BCUT2D eigenvalue weighted by atomic mass is 31.1. The number of alkyl halides is 6. The molecule has 70 heavy (non-hydrogen) atoms. The number of anilines is 2. The number of hydrogen-bond acceptors (Lipinski definition) is 13. The Bertz CT molecular complexity index is 2820. The van der Waals surface area contributed by atoms with Crippen molar-refractivity contribution in [1.82, 2.24) is 38.7 Å². The maximum Gasteiger partial charge on any atom is 0.701 e. The van der Waals surface area contributed by atoms with Gasteiger partial charge in [0.1, 0.15) is 58.9 Å². The number of nitrogens with zero attached hydrogens (tertiary/aromatic N) is 10. The summed E-state index contributed by atoms with van der Waals surface area (Å²) in [7, 11) is -2.91. The normalized spacial score (nSPS) is 18.1. The van der Waals surface area contributed by atoms with Crippen LogP contribution in [0, 0.1) is 11.8 Å². The molecule has 17 nitrogen and oxygen atoms in total. The monoisotopic (exact) mass is 989 g/mol. The van der Waals surface area contributed by atoms with E-state index in [4.69, 9.17) is 29.0 Å². The van der Waals surface area contributed by atoms with Gasteiger partial charge in [-0.25, -0.2) is 9.97 Å². The number of benzene rings is 2. The number of fused-ring (bicyclic) bond motifs is 2. The topological polar surface area (TPSA) is 190 Å². The maximum atomic E-state index is 13.9. The first-order valence-electron chi connectivity index (χ1n) is 22.6. The molecule has 24 heteroatoms. The SMILES string of the molecule is O=CCCC1N=C(C2CC2)Nc2c1nc(-c1cnn(Cc3cccc(C(F)(F)F)c3)c1)n2CO[P+](=O)OCn1c(-c2cnn(Cc3cccc(C(F)(F)F)c3)c2)nc2c1NC(C1CC1)=NC2CCC=O. The molecule has 2 saturated carbocycles. The van der Waals surface area contributed by atoms with Gasteiger partial charge >= 0.3 is 20.6 Å². The van der Waals surface area contributed by atoms with Crippen LogP contribution in [-0.2, 0) is 62.1 Å². The summed E-state index contributed by atoms with van der Waals surface area (Å²) >= 11 is 0. The third kappa shape index (κ3) is 10.2. The lowest BCUT2D eigenvalue weighted by atomic mass is 10.1.